The van der Waals surface area contributed by atoms with Crippen LogP contribution in [0.5, 0.6) is 5.75 Å². The lowest BCUT2D eigenvalue weighted by atomic mass is 10.1. The Bertz CT molecular complexity index is 725. The van der Waals surface area contributed by atoms with Gasteiger partial charge in [-0.15, -0.1) is 0 Å². The van der Waals surface area contributed by atoms with E-state index in [2.05, 4.69) is 25.7 Å². The van der Waals surface area contributed by atoms with Gasteiger partial charge in [-0.2, -0.15) is 0 Å². The number of ether oxygens (including phenoxy) is 2. The standard InChI is InChI=1S/C24H40N4O4/c1-18(2)32-20-14-12-19(13-15-20)27-23(26-17-21(29)28-24(3,4)5)25-16-10-8-7-9-11-22(30)31-6/h12-15,18H,7-11,16-17H2,1-6H3,(H,28,29)(H2,25,26,27). The summed E-state index contributed by atoms with van der Waals surface area (Å²) in [5, 5.41) is 9.44. The van der Waals surface area contributed by atoms with Gasteiger partial charge in [0.1, 0.15) is 12.3 Å². The number of guanidine groups is 1. The lowest BCUT2D eigenvalue weighted by Crippen LogP contribution is -2.42. The summed E-state index contributed by atoms with van der Waals surface area (Å²) < 4.78 is 10.3. The Morgan fingerprint density at radius 1 is 1.03 bits per heavy atom. The third kappa shape index (κ3) is 13.5. The summed E-state index contributed by atoms with van der Waals surface area (Å²) in [6.07, 6.45) is 4.27. The Kier molecular flexibility index (Phi) is 12.2. The number of benzene rings is 1. The summed E-state index contributed by atoms with van der Waals surface area (Å²) in [4.78, 5) is 27.7. The van der Waals surface area contributed by atoms with Crippen LogP contribution in [-0.2, 0) is 14.3 Å². The lowest BCUT2D eigenvalue weighted by molar-refractivity contribution is -0.140. The molecule has 8 heteroatoms. The fraction of sp³-hybridized carbons (Fsp3) is 0.625. The summed E-state index contributed by atoms with van der Waals surface area (Å²) in [7, 11) is 1.41. The van der Waals surface area contributed by atoms with E-state index in [1.165, 1.54) is 7.11 Å². The zero-order valence-electron chi connectivity index (χ0n) is 20.4. The highest BCUT2D eigenvalue weighted by molar-refractivity contribution is 5.95. The van der Waals surface area contributed by atoms with Gasteiger partial charge >= 0.3 is 5.97 Å². The van der Waals surface area contributed by atoms with Gasteiger partial charge in [-0.1, -0.05) is 12.8 Å². The number of rotatable bonds is 12. The monoisotopic (exact) mass is 448 g/mol. The number of aliphatic imine (C=N–C) groups is 1. The highest BCUT2D eigenvalue weighted by Gasteiger charge is 2.13. The predicted octanol–water partition coefficient (Wildman–Crippen LogP) is 3.87. The summed E-state index contributed by atoms with van der Waals surface area (Å²) in [5.74, 6) is 1.04. The summed E-state index contributed by atoms with van der Waals surface area (Å²) >= 11 is 0. The molecule has 0 aromatic heterocycles. The van der Waals surface area contributed by atoms with Crippen molar-refractivity contribution >= 4 is 23.5 Å². The third-order valence-electron chi connectivity index (χ3n) is 4.21. The van der Waals surface area contributed by atoms with Crippen molar-refractivity contribution in [2.45, 2.75) is 78.4 Å². The summed E-state index contributed by atoms with van der Waals surface area (Å²) in [6, 6.07) is 7.62. The number of hydrogen-bond acceptors (Lipinski definition) is 5. The molecule has 0 unspecified atom stereocenters. The number of carbonyl (C=O) groups is 2. The highest BCUT2D eigenvalue weighted by atomic mass is 16.5. The van der Waals surface area contributed by atoms with E-state index < -0.39 is 0 Å². The molecule has 1 rings (SSSR count). The van der Waals surface area contributed by atoms with Crippen molar-refractivity contribution in [3.05, 3.63) is 24.3 Å². The molecule has 0 aliphatic rings. The smallest absolute Gasteiger partial charge is 0.305 e. The number of esters is 1. The van der Waals surface area contributed by atoms with Gasteiger partial charge < -0.3 is 25.4 Å². The van der Waals surface area contributed by atoms with Crippen molar-refractivity contribution in [2.24, 2.45) is 4.99 Å². The van der Waals surface area contributed by atoms with Crippen molar-refractivity contribution < 1.29 is 19.1 Å². The van der Waals surface area contributed by atoms with E-state index in [4.69, 9.17) is 4.74 Å². The first-order valence-corrected chi connectivity index (χ1v) is 11.3. The molecule has 0 fully saturated rings. The van der Waals surface area contributed by atoms with Crippen molar-refractivity contribution in [1.82, 2.24) is 10.6 Å². The van der Waals surface area contributed by atoms with Crippen LogP contribution in [0, 0.1) is 0 Å². The minimum atomic E-state index is -0.302. The van der Waals surface area contributed by atoms with Gasteiger partial charge in [-0.25, -0.2) is 4.99 Å². The van der Waals surface area contributed by atoms with Gasteiger partial charge in [0.2, 0.25) is 5.91 Å². The zero-order chi connectivity index (χ0) is 24.0. The second-order valence-electron chi connectivity index (χ2n) is 8.95. The van der Waals surface area contributed by atoms with Gasteiger partial charge in [0.05, 0.1) is 13.2 Å². The molecule has 1 aromatic rings. The molecule has 0 saturated carbocycles. The van der Waals surface area contributed by atoms with E-state index in [-0.39, 0.29) is 30.1 Å². The molecule has 0 bridgehead atoms. The Morgan fingerprint density at radius 2 is 1.69 bits per heavy atom. The van der Waals surface area contributed by atoms with Gasteiger partial charge in [0, 0.05) is 24.2 Å². The number of methoxy groups -OCH3 is 1. The maximum Gasteiger partial charge on any atom is 0.305 e. The maximum absolute atomic E-state index is 12.2. The first-order valence-electron chi connectivity index (χ1n) is 11.3. The quantitative estimate of drug-likeness (QED) is 0.194. The van der Waals surface area contributed by atoms with Gasteiger partial charge in [0.15, 0.2) is 5.96 Å². The fourth-order valence-corrected chi connectivity index (χ4v) is 2.83. The number of hydrogen-bond donors (Lipinski definition) is 3. The summed E-state index contributed by atoms with van der Waals surface area (Å²) in [6.45, 7) is 10.5. The number of amides is 1. The van der Waals surface area contributed by atoms with Crippen molar-refractivity contribution in [3.8, 4) is 5.75 Å². The number of nitrogens with zero attached hydrogens (tertiary/aromatic N) is 1. The van der Waals surface area contributed by atoms with Gasteiger partial charge in [0.25, 0.3) is 0 Å². The van der Waals surface area contributed by atoms with Crippen LogP contribution in [-0.4, -0.2) is 49.7 Å². The number of anilines is 1. The molecular weight excluding hydrogens is 408 g/mol. The molecule has 0 spiro atoms. The molecule has 1 aromatic carbocycles. The number of carbonyl (C=O) groups excluding carboxylic acids is 2. The first kappa shape index (κ1) is 27.3. The Morgan fingerprint density at radius 3 is 2.28 bits per heavy atom. The summed E-state index contributed by atoms with van der Waals surface area (Å²) in [5.41, 5.74) is 0.547. The molecule has 180 valence electrons. The Hall–Kier alpha value is -2.77. The number of unbranched alkanes of at least 4 members (excludes halogenated alkanes) is 3. The van der Waals surface area contributed by atoms with E-state index in [1.54, 1.807) is 0 Å². The fourth-order valence-electron chi connectivity index (χ4n) is 2.83. The average molecular weight is 449 g/mol. The third-order valence-corrected chi connectivity index (χ3v) is 4.21. The maximum atomic E-state index is 12.2. The van der Waals surface area contributed by atoms with Crippen LogP contribution in [0.4, 0.5) is 5.69 Å². The Balaban J connectivity index is 2.61. The molecule has 8 nitrogen and oxygen atoms in total. The minimum Gasteiger partial charge on any atom is -0.491 e. The van der Waals surface area contributed by atoms with Crippen LogP contribution < -0.4 is 20.7 Å². The SMILES string of the molecule is COC(=O)CCCCCCNC(=NCC(=O)NC(C)(C)C)Nc1ccc(OC(C)C)cc1. The largest absolute Gasteiger partial charge is 0.491 e. The van der Waals surface area contributed by atoms with Gasteiger partial charge in [-0.3, -0.25) is 9.59 Å². The topological polar surface area (TPSA) is 101 Å². The van der Waals surface area contributed by atoms with E-state index in [1.807, 2.05) is 58.9 Å². The van der Waals surface area contributed by atoms with Crippen LogP contribution in [0.1, 0.15) is 66.7 Å². The molecule has 0 aliphatic carbocycles. The normalized spacial score (nSPS) is 11.8. The zero-order valence-corrected chi connectivity index (χ0v) is 20.4. The van der Waals surface area contributed by atoms with E-state index in [0.717, 1.165) is 37.1 Å². The molecule has 1 amide bonds. The molecule has 0 heterocycles. The predicted molar refractivity (Wildman–Crippen MR) is 129 cm³/mol. The van der Waals surface area contributed by atoms with Crippen molar-refractivity contribution in [2.75, 3.05) is 25.5 Å². The van der Waals surface area contributed by atoms with Crippen molar-refractivity contribution in [3.63, 3.8) is 0 Å². The molecule has 0 atom stereocenters. The van der Waals surface area contributed by atoms with E-state index >= 15 is 0 Å². The number of nitrogens with one attached hydrogen (secondary N) is 3. The van der Waals surface area contributed by atoms with Crippen LogP contribution in [0.2, 0.25) is 0 Å². The minimum absolute atomic E-state index is 0.0281. The first-order chi connectivity index (χ1) is 15.1. The second kappa shape index (κ2) is 14.3. The highest BCUT2D eigenvalue weighted by Crippen LogP contribution is 2.16. The van der Waals surface area contributed by atoms with Crippen LogP contribution >= 0.6 is 0 Å². The molecule has 32 heavy (non-hydrogen) atoms. The van der Waals surface area contributed by atoms with Crippen LogP contribution in [0.3, 0.4) is 0 Å². The van der Waals surface area contributed by atoms with Crippen LogP contribution in [0.25, 0.3) is 0 Å². The second-order valence-corrected chi connectivity index (χ2v) is 8.95. The molecular formula is C24H40N4O4. The molecule has 0 saturated heterocycles. The van der Waals surface area contributed by atoms with Gasteiger partial charge in [-0.05, 0) is 71.7 Å². The molecule has 3 N–H and O–H groups in total. The molecule has 0 aliphatic heterocycles. The molecule has 0 radical (unpaired) electrons. The van der Waals surface area contributed by atoms with E-state index in [0.29, 0.717) is 18.9 Å². The Labute approximate surface area is 192 Å². The van der Waals surface area contributed by atoms with Crippen molar-refractivity contribution in [1.29, 1.82) is 0 Å². The van der Waals surface area contributed by atoms with E-state index in [9.17, 15) is 9.59 Å². The lowest BCUT2D eigenvalue weighted by Gasteiger charge is -2.20. The van der Waals surface area contributed by atoms with Crippen LogP contribution in [0.15, 0.2) is 29.3 Å². The average Bonchev–Trinajstić information content (AvgIpc) is 2.70.